The number of nitrogens with two attached hydrogens (primary N) is 1. The van der Waals surface area contributed by atoms with Gasteiger partial charge in [-0.1, -0.05) is 6.92 Å². The first-order valence-electron chi connectivity index (χ1n) is 5.33. The van der Waals surface area contributed by atoms with E-state index in [0.717, 1.165) is 19.3 Å². The molecule has 0 spiro atoms. The smallest absolute Gasteiger partial charge is 0.147 e. The molecule has 0 bridgehead atoms. The molecule has 1 saturated carbocycles. The van der Waals surface area contributed by atoms with Gasteiger partial charge < -0.3 is 5.73 Å². The van der Waals surface area contributed by atoms with Crippen LogP contribution in [0.25, 0.3) is 0 Å². The van der Waals surface area contributed by atoms with E-state index in [1.54, 1.807) is 0 Å². The van der Waals surface area contributed by atoms with Crippen LogP contribution in [0.4, 0.5) is 0 Å². The maximum Gasteiger partial charge on any atom is 0.147 e. The molecule has 0 radical (unpaired) electrons. The quantitative estimate of drug-likeness (QED) is 0.772. The summed E-state index contributed by atoms with van der Waals surface area (Å²) in [6.07, 6.45) is 5.39. The molecule has 1 aliphatic carbocycles. The number of hydrogen-bond acceptors (Lipinski definition) is 3. The normalized spacial score (nSPS) is 33.5. The van der Waals surface area contributed by atoms with E-state index in [-0.39, 0.29) is 0 Å². The van der Waals surface area contributed by atoms with Gasteiger partial charge in [0.05, 0.1) is 0 Å². The summed E-state index contributed by atoms with van der Waals surface area (Å²) in [5, 5.41) is 0. The Morgan fingerprint density at radius 2 is 2.00 bits per heavy atom. The minimum Gasteiger partial charge on any atom is -0.327 e. The molecule has 84 valence electrons. The second-order valence-corrected chi connectivity index (χ2v) is 6.89. The average molecular weight is 219 g/mol. The summed E-state index contributed by atoms with van der Waals surface area (Å²) in [5.41, 5.74) is 5.91. The standard InChI is InChI=1S/C10H21NO2S/c1-8-9(5-6-10(8)11)4-3-7-14(2,12)13/h8-10H,3-7,11H2,1-2H3. The molecule has 0 aromatic carbocycles. The molecule has 3 unspecified atom stereocenters. The monoisotopic (exact) mass is 219 g/mol. The van der Waals surface area contributed by atoms with E-state index in [1.807, 2.05) is 0 Å². The Bertz CT molecular complexity index is 274. The highest BCUT2D eigenvalue weighted by Gasteiger charge is 2.29. The molecule has 14 heavy (non-hydrogen) atoms. The van der Waals surface area contributed by atoms with Crippen molar-refractivity contribution >= 4 is 9.84 Å². The Hall–Kier alpha value is -0.0900. The minimum absolute atomic E-state index is 0.325. The van der Waals surface area contributed by atoms with Gasteiger partial charge in [-0.05, 0) is 37.5 Å². The Labute approximate surface area is 87.0 Å². The highest BCUT2D eigenvalue weighted by Crippen LogP contribution is 2.33. The van der Waals surface area contributed by atoms with Crippen LogP contribution in [0.15, 0.2) is 0 Å². The summed E-state index contributed by atoms with van der Waals surface area (Å²) in [6, 6.07) is 0.332. The van der Waals surface area contributed by atoms with Gasteiger partial charge in [0.25, 0.3) is 0 Å². The summed E-state index contributed by atoms with van der Waals surface area (Å²) in [7, 11) is -2.78. The minimum atomic E-state index is -2.78. The lowest BCUT2D eigenvalue weighted by Crippen LogP contribution is -2.25. The predicted octanol–water partition coefficient (Wildman–Crippen LogP) is 1.18. The maximum atomic E-state index is 10.9. The zero-order valence-corrected chi connectivity index (χ0v) is 9.89. The summed E-state index contributed by atoms with van der Waals surface area (Å²) < 4.78 is 21.9. The van der Waals surface area contributed by atoms with Crippen LogP contribution in [-0.2, 0) is 9.84 Å². The zero-order valence-electron chi connectivity index (χ0n) is 9.07. The first-order valence-corrected chi connectivity index (χ1v) is 7.39. The summed E-state index contributed by atoms with van der Waals surface area (Å²) in [6.45, 7) is 2.18. The predicted molar refractivity (Wildman–Crippen MR) is 58.8 cm³/mol. The molecule has 3 atom stereocenters. The topological polar surface area (TPSA) is 60.2 Å². The van der Waals surface area contributed by atoms with E-state index in [4.69, 9.17) is 5.73 Å². The molecular formula is C10H21NO2S. The lowest BCUT2D eigenvalue weighted by atomic mass is 9.92. The number of rotatable bonds is 4. The summed E-state index contributed by atoms with van der Waals surface area (Å²) in [5.74, 6) is 1.53. The highest BCUT2D eigenvalue weighted by molar-refractivity contribution is 7.90. The van der Waals surface area contributed by atoms with E-state index < -0.39 is 9.84 Å². The molecule has 0 aliphatic heterocycles. The molecule has 0 aromatic rings. The fourth-order valence-corrected chi connectivity index (χ4v) is 2.99. The molecule has 0 aromatic heterocycles. The van der Waals surface area contributed by atoms with E-state index in [1.165, 1.54) is 12.7 Å². The zero-order chi connectivity index (χ0) is 10.8. The van der Waals surface area contributed by atoms with E-state index >= 15 is 0 Å². The van der Waals surface area contributed by atoms with Crippen LogP contribution in [0.5, 0.6) is 0 Å². The number of sulfone groups is 1. The molecule has 1 rings (SSSR count). The van der Waals surface area contributed by atoms with Gasteiger partial charge >= 0.3 is 0 Å². The van der Waals surface area contributed by atoms with Crippen molar-refractivity contribution in [2.75, 3.05) is 12.0 Å². The largest absolute Gasteiger partial charge is 0.327 e. The van der Waals surface area contributed by atoms with Crippen LogP contribution < -0.4 is 5.73 Å². The van der Waals surface area contributed by atoms with Crippen molar-refractivity contribution in [3.63, 3.8) is 0 Å². The van der Waals surface area contributed by atoms with Gasteiger partial charge in [0, 0.05) is 18.1 Å². The van der Waals surface area contributed by atoms with E-state index in [2.05, 4.69) is 6.92 Å². The van der Waals surface area contributed by atoms with Crippen LogP contribution in [-0.4, -0.2) is 26.5 Å². The van der Waals surface area contributed by atoms with Gasteiger partial charge in [-0.3, -0.25) is 0 Å². The van der Waals surface area contributed by atoms with Crippen molar-refractivity contribution in [2.24, 2.45) is 17.6 Å². The van der Waals surface area contributed by atoms with E-state index in [9.17, 15) is 8.42 Å². The highest BCUT2D eigenvalue weighted by atomic mass is 32.2. The molecular weight excluding hydrogens is 198 g/mol. The van der Waals surface area contributed by atoms with Gasteiger partial charge in [0.15, 0.2) is 0 Å². The molecule has 0 heterocycles. The average Bonchev–Trinajstić information content (AvgIpc) is 2.33. The first-order chi connectivity index (χ1) is 6.40. The second-order valence-electron chi connectivity index (χ2n) is 4.63. The molecule has 0 amide bonds. The van der Waals surface area contributed by atoms with Gasteiger partial charge in [0.1, 0.15) is 9.84 Å². The summed E-state index contributed by atoms with van der Waals surface area (Å²) in [4.78, 5) is 0. The van der Waals surface area contributed by atoms with Gasteiger partial charge in [-0.2, -0.15) is 0 Å². The van der Waals surface area contributed by atoms with Crippen molar-refractivity contribution in [1.82, 2.24) is 0 Å². The van der Waals surface area contributed by atoms with Gasteiger partial charge in [-0.25, -0.2) is 8.42 Å². The molecule has 0 saturated heterocycles. The Morgan fingerprint density at radius 1 is 1.36 bits per heavy atom. The van der Waals surface area contributed by atoms with Crippen molar-refractivity contribution in [3.8, 4) is 0 Å². The fourth-order valence-electron chi connectivity index (χ4n) is 2.30. The molecule has 1 aliphatic rings. The van der Waals surface area contributed by atoms with Crippen molar-refractivity contribution < 1.29 is 8.42 Å². The lowest BCUT2D eigenvalue weighted by molar-refractivity contribution is 0.367. The molecule has 4 heteroatoms. The van der Waals surface area contributed by atoms with Crippen LogP contribution in [0.2, 0.25) is 0 Å². The van der Waals surface area contributed by atoms with Gasteiger partial charge in [-0.15, -0.1) is 0 Å². The van der Waals surface area contributed by atoms with Crippen molar-refractivity contribution in [2.45, 2.75) is 38.6 Å². The first kappa shape index (κ1) is 12.0. The molecule has 3 nitrogen and oxygen atoms in total. The van der Waals surface area contributed by atoms with E-state index in [0.29, 0.717) is 23.6 Å². The Kier molecular flexibility index (Phi) is 3.95. The number of hydrogen-bond donors (Lipinski definition) is 1. The molecule has 1 fully saturated rings. The SMILES string of the molecule is CC1C(N)CCC1CCCS(C)(=O)=O. The second kappa shape index (κ2) is 4.62. The molecule has 2 N–H and O–H groups in total. The van der Waals surface area contributed by atoms with Crippen LogP contribution in [0, 0.1) is 11.8 Å². The Balaban J connectivity index is 2.26. The van der Waals surface area contributed by atoms with Crippen LogP contribution >= 0.6 is 0 Å². The maximum absolute atomic E-state index is 10.9. The van der Waals surface area contributed by atoms with Crippen molar-refractivity contribution in [3.05, 3.63) is 0 Å². The fraction of sp³-hybridized carbons (Fsp3) is 1.00. The third-order valence-electron chi connectivity index (χ3n) is 3.38. The van der Waals surface area contributed by atoms with Crippen molar-refractivity contribution in [1.29, 1.82) is 0 Å². The third-order valence-corrected chi connectivity index (χ3v) is 4.41. The lowest BCUT2D eigenvalue weighted by Gasteiger charge is -2.17. The summed E-state index contributed by atoms with van der Waals surface area (Å²) >= 11 is 0. The van der Waals surface area contributed by atoms with Crippen LogP contribution in [0.1, 0.15) is 32.6 Å². The van der Waals surface area contributed by atoms with Crippen LogP contribution in [0.3, 0.4) is 0 Å². The third kappa shape index (κ3) is 3.58. The Morgan fingerprint density at radius 3 is 2.43 bits per heavy atom. The van der Waals surface area contributed by atoms with Gasteiger partial charge in [0.2, 0.25) is 0 Å².